The summed E-state index contributed by atoms with van der Waals surface area (Å²) in [6, 6.07) is 0. The van der Waals surface area contributed by atoms with Gasteiger partial charge >= 0.3 is 41.9 Å². The normalized spacial score (nSPS) is 9.97. The number of methoxy groups -OCH3 is 3. The van der Waals surface area contributed by atoms with Crippen LogP contribution in [-0.4, -0.2) is 109 Å². The van der Waals surface area contributed by atoms with E-state index in [1.807, 2.05) is 6.92 Å². The molecular formula is C41H74F4O13. The monoisotopic (exact) mass is 851 g/mol. The third-order valence-corrected chi connectivity index (χ3v) is 5.54. The molecule has 0 bridgehead atoms. The number of hydrogen-bond donors (Lipinski definition) is 0. The van der Waals surface area contributed by atoms with Gasteiger partial charge in [0.05, 0.1) is 25.9 Å². The zero-order chi connectivity index (χ0) is 44.2. The molecular weight excluding hydrogens is 776 g/mol. The van der Waals surface area contributed by atoms with Crippen molar-refractivity contribution in [3.63, 3.8) is 0 Å². The van der Waals surface area contributed by atoms with Crippen molar-refractivity contribution in [2.45, 2.75) is 115 Å². The largest absolute Gasteiger partial charge is 0.466 e. The number of carbonyl (C=O) groups excluding carboxylic acids is 5. The molecule has 0 saturated carbocycles. The van der Waals surface area contributed by atoms with E-state index in [-0.39, 0.29) is 58.5 Å². The van der Waals surface area contributed by atoms with Crippen molar-refractivity contribution in [2.24, 2.45) is 0 Å². The van der Waals surface area contributed by atoms with E-state index < -0.39 is 30.4 Å². The fourth-order valence-electron chi connectivity index (χ4n) is 2.13. The first kappa shape index (κ1) is 71.4. The van der Waals surface area contributed by atoms with Gasteiger partial charge in [-0.1, -0.05) is 81.9 Å². The highest BCUT2D eigenvalue weighted by Crippen LogP contribution is 2.38. The predicted octanol–water partition coefficient (Wildman–Crippen LogP) is 9.20. The minimum Gasteiger partial charge on any atom is -0.462 e. The smallest absolute Gasteiger partial charge is 0.462 e. The van der Waals surface area contributed by atoms with Gasteiger partial charge in [-0.15, -0.1) is 0 Å². The van der Waals surface area contributed by atoms with Crippen LogP contribution in [0.4, 0.5) is 17.6 Å². The van der Waals surface area contributed by atoms with Crippen molar-refractivity contribution < 1.29 is 79.4 Å². The van der Waals surface area contributed by atoms with Gasteiger partial charge in [-0.3, -0.25) is 0 Å². The lowest BCUT2D eigenvalue weighted by molar-refractivity contribution is -0.329. The topological polar surface area (TPSA) is 159 Å². The van der Waals surface area contributed by atoms with Gasteiger partial charge in [0, 0.05) is 56.1 Å². The first-order chi connectivity index (χ1) is 25.4. The van der Waals surface area contributed by atoms with Gasteiger partial charge < -0.3 is 37.9 Å². The van der Waals surface area contributed by atoms with Gasteiger partial charge in [0.25, 0.3) is 0 Å². The SMILES string of the molecule is C.C.C.C=C(C)C(=O)OC(F)(F)C(F)(F)CC.C=C(C)C(=O)OCC(C)OC.C=C(C)C(=O)OCCCCC.C=C(C)C(=O)OCCOC.C=CC(=O)OCCOC. The Morgan fingerprint density at radius 1 is 0.603 bits per heavy atom. The number of unbranched alkanes of at least 4 members (excludes halogenated alkanes) is 2. The summed E-state index contributed by atoms with van der Waals surface area (Å²) in [6.07, 6.45) is -1.64. The van der Waals surface area contributed by atoms with Crippen LogP contribution in [0.25, 0.3) is 0 Å². The Hall–Kier alpha value is -4.35. The zero-order valence-electron chi connectivity index (χ0n) is 34.1. The molecule has 0 N–H and O–H groups in total. The molecule has 0 aliphatic rings. The number of rotatable bonds is 21. The van der Waals surface area contributed by atoms with Crippen LogP contribution in [0.3, 0.4) is 0 Å². The molecule has 0 amide bonds. The maximum atomic E-state index is 12.6. The summed E-state index contributed by atoms with van der Waals surface area (Å²) >= 11 is 0. The van der Waals surface area contributed by atoms with Gasteiger partial charge in [-0.2, -0.15) is 17.6 Å². The molecule has 0 aromatic heterocycles. The third-order valence-electron chi connectivity index (χ3n) is 5.54. The maximum absolute atomic E-state index is 12.6. The van der Waals surface area contributed by atoms with Crippen LogP contribution in [0.1, 0.15) is 96.4 Å². The number of ether oxygens (including phenoxy) is 8. The van der Waals surface area contributed by atoms with E-state index in [1.165, 1.54) is 0 Å². The third kappa shape index (κ3) is 46.0. The molecule has 0 saturated heterocycles. The van der Waals surface area contributed by atoms with Gasteiger partial charge in [-0.25, -0.2) is 24.0 Å². The molecule has 0 aliphatic heterocycles. The Balaban J connectivity index is -0.0000000893. The molecule has 1 unspecified atom stereocenters. The van der Waals surface area contributed by atoms with E-state index in [2.05, 4.69) is 63.5 Å². The molecule has 0 heterocycles. The standard InChI is InChI=1S/C9H16O2.C8H10F4O2.C8H14O3.C7H12O3.C6H10O3.3CH4/c1-4-5-6-7-11-9(10)8(2)3;1-4-7(9,10)8(11,12)14-6(13)5(2)3;1-6(2)8(9)11-5-7(3)10-4;1-6(2)7(8)10-5-4-9-3;1-3-6(7)9-5-4-8-2;;;/h2,4-7H2,1,3H3;2,4H2,1,3H3;7H,1,5H2,2-4H3;1,4-5H2,2-3H3;3H,1,4-5H2,2H3;3*1H4. The Kier molecular flexibility index (Phi) is 53.9. The molecule has 0 aromatic rings. The second-order valence-corrected chi connectivity index (χ2v) is 11.1. The second kappa shape index (κ2) is 43.8. The van der Waals surface area contributed by atoms with Gasteiger partial charge in [0.15, 0.2) is 0 Å². The molecule has 0 rings (SSSR count). The fourth-order valence-corrected chi connectivity index (χ4v) is 2.13. The van der Waals surface area contributed by atoms with Crippen LogP contribution in [0.15, 0.2) is 61.3 Å². The second-order valence-electron chi connectivity index (χ2n) is 11.1. The molecule has 0 radical (unpaired) electrons. The van der Waals surface area contributed by atoms with Crippen LogP contribution in [0, 0.1) is 0 Å². The zero-order valence-corrected chi connectivity index (χ0v) is 34.1. The van der Waals surface area contributed by atoms with E-state index in [9.17, 15) is 41.5 Å². The summed E-state index contributed by atoms with van der Waals surface area (Å²) in [5, 5.41) is 0. The number of carbonyl (C=O) groups is 5. The number of halogens is 4. The molecule has 344 valence electrons. The Bertz CT molecular complexity index is 1190. The highest BCUT2D eigenvalue weighted by Gasteiger charge is 2.58. The lowest BCUT2D eigenvalue weighted by Gasteiger charge is -2.24. The van der Waals surface area contributed by atoms with E-state index in [1.54, 1.807) is 42.1 Å². The Morgan fingerprint density at radius 3 is 1.31 bits per heavy atom. The lowest BCUT2D eigenvalue weighted by atomic mass is 10.2. The number of esters is 5. The number of hydrogen-bond acceptors (Lipinski definition) is 13. The highest BCUT2D eigenvalue weighted by molar-refractivity contribution is 5.88. The van der Waals surface area contributed by atoms with Crippen molar-refractivity contribution in [3.8, 4) is 0 Å². The Labute approximate surface area is 345 Å². The molecule has 13 nitrogen and oxygen atoms in total. The summed E-state index contributed by atoms with van der Waals surface area (Å²) in [7, 11) is 4.66. The van der Waals surface area contributed by atoms with Gasteiger partial charge in [0.2, 0.25) is 0 Å². The van der Waals surface area contributed by atoms with E-state index in [4.69, 9.17) is 14.2 Å². The van der Waals surface area contributed by atoms with E-state index >= 15 is 0 Å². The summed E-state index contributed by atoms with van der Waals surface area (Å²) in [5.74, 6) is -7.32. The van der Waals surface area contributed by atoms with E-state index in [0.29, 0.717) is 49.8 Å². The summed E-state index contributed by atoms with van der Waals surface area (Å²) in [6.45, 7) is 29.6. The molecule has 0 aliphatic carbocycles. The molecule has 1 atom stereocenters. The van der Waals surface area contributed by atoms with Crippen molar-refractivity contribution in [3.05, 3.63) is 61.3 Å². The molecule has 58 heavy (non-hydrogen) atoms. The lowest BCUT2D eigenvalue weighted by Crippen LogP contribution is -2.43. The van der Waals surface area contributed by atoms with Crippen molar-refractivity contribution in [2.75, 3.05) is 61.0 Å². The van der Waals surface area contributed by atoms with Crippen LogP contribution in [-0.2, 0) is 61.9 Å². The minimum atomic E-state index is -4.79. The first-order valence-electron chi connectivity index (χ1n) is 16.8. The maximum Gasteiger partial charge on any atom is 0.466 e. The summed E-state index contributed by atoms with van der Waals surface area (Å²) < 4.78 is 86.5. The summed E-state index contributed by atoms with van der Waals surface area (Å²) in [4.78, 5) is 53.1. The van der Waals surface area contributed by atoms with Crippen LogP contribution < -0.4 is 0 Å². The van der Waals surface area contributed by atoms with Crippen molar-refractivity contribution in [1.29, 1.82) is 0 Å². The van der Waals surface area contributed by atoms with Gasteiger partial charge in [-0.05, 0) is 41.0 Å². The van der Waals surface area contributed by atoms with Crippen LogP contribution in [0.5, 0.6) is 0 Å². The average Bonchev–Trinajstić information content (AvgIpc) is 3.12. The molecule has 17 heteroatoms. The Morgan fingerprint density at radius 2 is 0.983 bits per heavy atom. The first-order valence-corrected chi connectivity index (χ1v) is 16.8. The van der Waals surface area contributed by atoms with Crippen LogP contribution in [0.2, 0.25) is 0 Å². The number of alkyl halides is 4. The summed E-state index contributed by atoms with van der Waals surface area (Å²) in [5.41, 5.74) is 0.933. The molecule has 0 spiro atoms. The van der Waals surface area contributed by atoms with E-state index in [0.717, 1.165) is 39.2 Å². The molecule has 0 fully saturated rings. The fraction of sp³-hybridized carbons (Fsp3) is 0.634. The van der Waals surface area contributed by atoms with Gasteiger partial charge in [0.1, 0.15) is 19.8 Å². The van der Waals surface area contributed by atoms with Crippen molar-refractivity contribution in [1.82, 2.24) is 0 Å². The highest BCUT2D eigenvalue weighted by atomic mass is 19.3. The average molecular weight is 851 g/mol. The van der Waals surface area contributed by atoms with Crippen LogP contribution >= 0.6 is 0 Å². The molecule has 0 aromatic carbocycles. The van der Waals surface area contributed by atoms with Crippen molar-refractivity contribution >= 4 is 29.8 Å². The quantitative estimate of drug-likeness (QED) is 0.0354. The minimum absolute atomic E-state index is 0. The predicted molar refractivity (Wildman–Crippen MR) is 220 cm³/mol.